The minimum Gasteiger partial charge on any atom is -0.363 e. The molecule has 1 N–H and O–H groups in total. The largest absolute Gasteiger partial charge is 0.363 e. The number of nitrogens with one attached hydrogen (secondary N) is 1. The molecule has 3 aromatic rings. The van der Waals surface area contributed by atoms with E-state index in [1.807, 2.05) is 38.2 Å². The van der Waals surface area contributed by atoms with Crippen LogP contribution < -0.4 is 14.7 Å². The van der Waals surface area contributed by atoms with Crippen molar-refractivity contribution in [3.63, 3.8) is 0 Å². The van der Waals surface area contributed by atoms with Gasteiger partial charge in [0.1, 0.15) is 17.7 Å². The van der Waals surface area contributed by atoms with Gasteiger partial charge in [-0.05, 0) is 19.1 Å². The van der Waals surface area contributed by atoms with Crippen LogP contribution in [0, 0.1) is 6.92 Å². The summed E-state index contributed by atoms with van der Waals surface area (Å²) in [6.07, 6.45) is 3.46. The van der Waals surface area contributed by atoms with Crippen LogP contribution in [-0.4, -0.2) is 65.2 Å². The summed E-state index contributed by atoms with van der Waals surface area (Å²) in [5.74, 6) is 2.68. The smallest absolute Gasteiger partial charge is 0.227 e. The zero-order valence-corrected chi connectivity index (χ0v) is 14.8. The average molecular weight is 338 g/mol. The molecule has 8 nitrogen and oxygen atoms in total. The molecular formula is C17H22N8. The van der Waals surface area contributed by atoms with E-state index in [-0.39, 0.29) is 0 Å². The van der Waals surface area contributed by atoms with Crippen molar-refractivity contribution in [2.24, 2.45) is 0 Å². The van der Waals surface area contributed by atoms with E-state index in [4.69, 9.17) is 0 Å². The summed E-state index contributed by atoms with van der Waals surface area (Å²) in [6, 6.07) is 3.97. The number of piperazine rings is 1. The monoisotopic (exact) mass is 338 g/mol. The number of nitrogens with zero attached hydrogens (tertiary/aromatic N) is 7. The quantitative estimate of drug-likeness (QED) is 0.774. The van der Waals surface area contributed by atoms with Gasteiger partial charge in [0.15, 0.2) is 5.82 Å². The van der Waals surface area contributed by atoms with Gasteiger partial charge in [0.25, 0.3) is 0 Å². The molecule has 130 valence electrons. The van der Waals surface area contributed by atoms with Crippen LogP contribution in [0.1, 0.15) is 5.69 Å². The van der Waals surface area contributed by atoms with Crippen LogP contribution >= 0.6 is 0 Å². The molecule has 0 aliphatic carbocycles. The standard InChI is InChI=1S/C17H22N8/c1-12-10-13-15(21-12)16(20-11-19-13)24-6-8-25(9-7-24)17-18-5-4-14(22-17)23(2)3/h4-5,10-11,21H,6-9H2,1-3H3. The van der Waals surface area contributed by atoms with Crippen molar-refractivity contribution in [1.82, 2.24) is 24.9 Å². The number of aromatic amines is 1. The van der Waals surface area contributed by atoms with Gasteiger partial charge in [-0.1, -0.05) is 0 Å². The van der Waals surface area contributed by atoms with Gasteiger partial charge >= 0.3 is 0 Å². The summed E-state index contributed by atoms with van der Waals surface area (Å²) < 4.78 is 0. The SMILES string of the molecule is Cc1cc2ncnc(N3CCN(c4nccc(N(C)C)n4)CC3)c2[nH]1. The van der Waals surface area contributed by atoms with Crippen molar-refractivity contribution in [3.05, 3.63) is 30.4 Å². The van der Waals surface area contributed by atoms with Gasteiger partial charge < -0.3 is 19.7 Å². The molecule has 0 radical (unpaired) electrons. The Balaban J connectivity index is 1.52. The van der Waals surface area contributed by atoms with E-state index < -0.39 is 0 Å². The van der Waals surface area contributed by atoms with Crippen LogP contribution in [0.3, 0.4) is 0 Å². The lowest BCUT2D eigenvalue weighted by Gasteiger charge is -2.35. The lowest BCUT2D eigenvalue weighted by Crippen LogP contribution is -2.47. The Morgan fingerprint density at radius 2 is 1.80 bits per heavy atom. The van der Waals surface area contributed by atoms with Crippen LogP contribution in [0.4, 0.5) is 17.6 Å². The maximum absolute atomic E-state index is 4.64. The Labute approximate surface area is 146 Å². The second-order valence-electron chi connectivity index (χ2n) is 6.49. The predicted molar refractivity (Wildman–Crippen MR) is 99.4 cm³/mol. The molecule has 0 spiro atoms. The fourth-order valence-electron chi connectivity index (χ4n) is 3.16. The van der Waals surface area contributed by atoms with Crippen molar-refractivity contribution in [1.29, 1.82) is 0 Å². The first-order chi connectivity index (χ1) is 12.1. The second kappa shape index (κ2) is 6.19. The third kappa shape index (κ3) is 2.95. The maximum Gasteiger partial charge on any atom is 0.227 e. The first kappa shape index (κ1) is 15.6. The van der Waals surface area contributed by atoms with Crippen LogP contribution in [0.5, 0.6) is 0 Å². The van der Waals surface area contributed by atoms with Gasteiger partial charge in [-0.25, -0.2) is 15.0 Å². The highest BCUT2D eigenvalue weighted by atomic mass is 15.3. The van der Waals surface area contributed by atoms with Gasteiger partial charge in [0, 0.05) is 52.2 Å². The van der Waals surface area contributed by atoms with Crippen molar-refractivity contribution >= 4 is 28.6 Å². The van der Waals surface area contributed by atoms with Crippen LogP contribution in [0.2, 0.25) is 0 Å². The normalized spacial score (nSPS) is 15.0. The molecule has 0 amide bonds. The number of rotatable bonds is 3. The number of fused-ring (bicyclic) bond motifs is 1. The Morgan fingerprint density at radius 1 is 1.04 bits per heavy atom. The highest BCUT2D eigenvalue weighted by Crippen LogP contribution is 2.24. The van der Waals surface area contributed by atoms with E-state index in [9.17, 15) is 0 Å². The molecule has 4 rings (SSSR count). The zero-order chi connectivity index (χ0) is 17.4. The molecule has 0 aromatic carbocycles. The first-order valence-electron chi connectivity index (χ1n) is 8.42. The van der Waals surface area contributed by atoms with Gasteiger partial charge in [-0.3, -0.25) is 0 Å². The molecule has 1 fully saturated rings. The van der Waals surface area contributed by atoms with E-state index in [0.29, 0.717) is 0 Å². The summed E-state index contributed by atoms with van der Waals surface area (Å²) in [4.78, 5) is 27.8. The highest BCUT2D eigenvalue weighted by Gasteiger charge is 2.22. The summed E-state index contributed by atoms with van der Waals surface area (Å²) in [5, 5.41) is 0. The highest BCUT2D eigenvalue weighted by molar-refractivity contribution is 5.86. The predicted octanol–water partition coefficient (Wildman–Crippen LogP) is 1.45. The first-order valence-corrected chi connectivity index (χ1v) is 8.42. The Hall–Kier alpha value is -2.90. The molecule has 0 saturated carbocycles. The minimum atomic E-state index is 0.786. The lowest BCUT2D eigenvalue weighted by molar-refractivity contribution is 0.635. The number of H-pyrrole nitrogens is 1. The number of hydrogen-bond acceptors (Lipinski definition) is 7. The minimum absolute atomic E-state index is 0.786. The Kier molecular flexibility index (Phi) is 3.87. The topological polar surface area (TPSA) is 77.1 Å². The van der Waals surface area contributed by atoms with E-state index in [1.54, 1.807) is 6.33 Å². The zero-order valence-electron chi connectivity index (χ0n) is 14.8. The molecule has 8 heteroatoms. The van der Waals surface area contributed by atoms with Crippen molar-refractivity contribution in [2.45, 2.75) is 6.92 Å². The second-order valence-corrected chi connectivity index (χ2v) is 6.49. The Bertz CT molecular complexity index is 879. The van der Waals surface area contributed by atoms with Gasteiger partial charge in [0.2, 0.25) is 5.95 Å². The lowest BCUT2D eigenvalue weighted by atomic mass is 10.3. The maximum atomic E-state index is 4.64. The molecule has 25 heavy (non-hydrogen) atoms. The summed E-state index contributed by atoms with van der Waals surface area (Å²) >= 11 is 0. The summed E-state index contributed by atoms with van der Waals surface area (Å²) in [6.45, 7) is 5.52. The summed E-state index contributed by atoms with van der Waals surface area (Å²) in [7, 11) is 3.98. The number of aromatic nitrogens is 5. The summed E-state index contributed by atoms with van der Waals surface area (Å²) in [5.41, 5.74) is 3.08. The van der Waals surface area contributed by atoms with Crippen molar-refractivity contribution < 1.29 is 0 Å². The van der Waals surface area contributed by atoms with Crippen LogP contribution in [0.25, 0.3) is 11.0 Å². The van der Waals surface area contributed by atoms with Gasteiger partial charge in [-0.15, -0.1) is 0 Å². The van der Waals surface area contributed by atoms with Gasteiger partial charge in [0.05, 0.1) is 5.52 Å². The fraction of sp³-hybridized carbons (Fsp3) is 0.412. The van der Waals surface area contributed by atoms with E-state index in [0.717, 1.165) is 60.5 Å². The van der Waals surface area contributed by atoms with E-state index >= 15 is 0 Å². The van der Waals surface area contributed by atoms with E-state index in [1.165, 1.54) is 0 Å². The van der Waals surface area contributed by atoms with Crippen molar-refractivity contribution in [2.75, 3.05) is 55.0 Å². The van der Waals surface area contributed by atoms with Gasteiger partial charge in [-0.2, -0.15) is 4.98 Å². The van der Waals surface area contributed by atoms with Crippen molar-refractivity contribution in [3.8, 4) is 0 Å². The van der Waals surface area contributed by atoms with Crippen LogP contribution in [0.15, 0.2) is 24.7 Å². The van der Waals surface area contributed by atoms with E-state index in [2.05, 4.69) is 40.8 Å². The van der Waals surface area contributed by atoms with Crippen LogP contribution in [-0.2, 0) is 0 Å². The molecule has 0 atom stereocenters. The fourth-order valence-corrected chi connectivity index (χ4v) is 3.16. The molecule has 4 heterocycles. The number of hydrogen-bond donors (Lipinski definition) is 1. The molecule has 0 bridgehead atoms. The number of aryl methyl sites for hydroxylation is 1. The molecular weight excluding hydrogens is 316 g/mol. The molecule has 1 aliphatic rings. The molecule has 1 aliphatic heterocycles. The third-order valence-corrected chi connectivity index (χ3v) is 4.48. The molecule has 1 saturated heterocycles. The third-order valence-electron chi connectivity index (χ3n) is 4.48. The number of anilines is 3. The average Bonchev–Trinajstić information content (AvgIpc) is 3.02. The molecule has 3 aromatic heterocycles. The molecule has 0 unspecified atom stereocenters. The Morgan fingerprint density at radius 3 is 2.56 bits per heavy atom.